The van der Waals surface area contributed by atoms with E-state index >= 15 is 0 Å². The summed E-state index contributed by atoms with van der Waals surface area (Å²) in [6.07, 6.45) is -1.17. The van der Waals surface area contributed by atoms with Gasteiger partial charge in [0, 0.05) is 11.8 Å². The van der Waals surface area contributed by atoms with E-state index in [-0.39, 0.29) is 18.2 Å². The van der Waals surface area contributed by atoms with Gasteiger partial charge in [0.15, 0.2) is 12.3 Å². The Balaban J connectivity index is 2.02. The Morgan fingerprint density at radius 1 is 1.59 bits per heavy atom. The van der Waals surface area contributed by atoms with Crippen molar-refractivity contribution < 1.29 is 19.7 Å². The van der Waals surface area contributed by atoms with E-state index in [1.54, 1.807) is 17.7 Å². The van der Waals surface area contributed by atoms with E-state index in [0.29, 0.717) is 5.56 Å². The third-order valence-electron chi connectivity index (χ3n) is 3.10. The molecule has 2 aliphatic heterocycles. The van der Waals surface area contributed by atoms with E-state index in [0.717, 1.165) is 0 Å². The first-order valence-corrected chi connectivity index (χ1v) is 5.32. The van der Waals surface area contributed by atoms with Gasteiger partial charge in [0.1, 0.15) is 12.2 Å². The SMILES string of the molecule is Cc1cn2c(nc1=O)O[C@H]1C(O)[C@@H](CO)O[C@H]12. The zero-order chi connectivity index (χ0) is 12.2. The quantitative estimate of drug-likeness (QED) is 0.624. The fraction of sp³-hybridized carbons (Fsp3) is 0.600. The van der Waals surface area contributed by atoms with Crippen LogP contribution in [-0.4, -0.2) is 44.7 Å². The molecule has 3 heterocycles. The third-order valence-corrected chi connectivity index (χ3v) is 3.10. The number of hydrogen-bond donors (Lipinski definition) is 2. The molecule has 0 spiro atoms. The molecule has 3 rings (SSSR count). The highest BCUT2D eigenvalue weighted by molar-refractivity contribution is 5.15. The van der Waals surface area contributed by atoms with Crippen LogP contribution in [0.5, 0.6) is 6.01 Å². The molecule has 0 aliphatic carbocycles. The van der Waals surface area contributed by atoms with Crippen LogP contribution in [0.25, 0.3) is 0 Å². The van der Waals surface area contributed by atoms with Gasteiger partial charge in [-0.3, -0.25) is 9.36 Å². The van der Waals surface area contributed by atoms with Gasteiger partial charge in [0.2, 0.25) is 0 Å². The van der Waals surface area contributed by atoms with Crippen molar-refractivity contribution >= 4 is 0 Å². The second-order valence-corrected chi connectivity index (χ2v) is 4.24. The molecule has 0 bridgehead atoms. The van der Waals surface area contributed by atoms with Crippen molar-refractivity contribution in [3.8, 4) is 6.01 Å². The molecule has 2 aliphatic rings. The zero-order valence-electron chi connectivity index (χ0n) is 9.11. The second-order valence-electron chi connectivity index (χ2n) is 4.24. The molecule has 0 amide bonds. The van der Waals surface area contributed by atoms with Crippen molar-refractivity contribution in [3.63, 3.8) is 0 Å². The van der Waals surface area contributed by atoms with Crippen molar-refractivity contribution in [1.82, 2.24) is 9.55 Å². The van der Waals surface area contributed by atoms with Crippen LogP contribution in [0.4, 0.5) is 0 Å². The average molecular weight is 240 g/mol. The van der Waals surface area contributed by atoms with E-state index in [4.69, 9.17) is 14.6 Å². The summed E-state index contributed by atoms with van der Waals surface area (Å²) < 4.78 is 12.4. The molecule has 0 radical (unpaired) electrons. The molecule has 7 heteroatoms. The van der Waals surface area contributed by atoms with Gasteiger partial charge in [-0.05, 0) is 6.92 Å². The zero-order valence-corrected chi connectivity index (χ0v) is 9.11. The largest absolute Gasteiger partial charge is 0.453 e. The Kier molecular flexibility index (Phi) is 2.22. The summed E-state index contributed by atoms with van der Waals surface area (Å²) in [5.41, 5.74) is 0.118. The van der Waals surface area contributed by atoms with E-state index in [2.05, 4.69) is 4.98 Å². The Morgan fingerprint density at radius 3 is 3.06 bits per heavy atom. The van der Waals surface area contributed by atoms with Crippen molar-refractivity contribution in [2.24, 2.45) is 0 Å². The monoisotopic (exact) mass is 240 g/mol. The minimum absolute atomic E-state index is 0.144. The first kappa shape index (κ1) is 10.7. The summed E-state index contributed by atoms with van der Waals surface area (Å²) in [4.78, 5) is 15.1. The molecule has 17 heavy (non-hydrogen) atoms. The van der Waals surface area contributed by atoms with Gasteiger partial charge in [-0.1, -0.05) is 0 Å². The van der Waals surface area contributed by atoms with Gasteiger partial charge in [-0.2, -0.15) is 4.98 Å². The van der Waals surface area contributed by atoms with Gasteiger partial charge < -0.3 is 19.7 Å². The van der Waals surface area contributed by atoms with Crippen LogP contribution in [0.1, 0.15) is 11.8 Å². The lowest BCUT2D eigenvalue weighted by Crippen LogP contribution is -2.34. The maximum atomic E-state index is 11.4. The first-order chi connectivity index (χ1) is 8.11. The molecule has 1 aromatic heterocycles. The van der Waals surface area contributed by atoms with E-state index in [9.17, 15) is 9.90 Å². The smallest absolute Gasteiger partial charge is 0.302 e. The molecule has 0 saturated carbocycles. The number of nitrogens with zero attached hydrogens (tertiary/aromatic N) is 2. The molecular weight excluding hydrogens is 228 g/mol. The summed E-state index contributed by atoms with van der Waals surface area (Å²) in [6.45, 7) is 1.37. The first-order valence-electron chi connectivity index (χ1n) is 5.32. The number of aliphatic hydroxyl groups is 2. The van der Waals surface area contributed by atoms with Crippen LogP contribution in [0, 0.1) is 6.92 Å². The number of rotatable bonds is 1. The Labute approximate surface area is 96.2 Å². The number of aliphatic hydroxyl groups excluding tert-OH is 2. The minimum Gasteiger partial charge on any atom is -0.453 e. The van der Waals surface area contributed by atoms with Gasteiger partial charge in [-0.25, -0.2) is 0 Å². The lowest BCUT2D eigenvalue weighted by Gasteiger charge is -2.14. The number of hydrogen-bond acceptors (Lipinski definition) is 6. The van der Waals surface area contributed by atoms with Crippen LogP contribution in [0.3, 0.4) is 0 Å². The highest BCUT2D eigenvalue weighted by Gasteiger charge is 2.50. The lowest BCUT2D eigenvalue weighted by atomic mass is 10.1. The summed E-state index contributed by atoms with van der Waals surface area (Å²) in [6, 6.07) is 0.144. The predicted octanol–water partition coefficient (Wildman–Crippen LogP) is -1.44. The molecule has 1 unspecified atom stereocenters. The Bertz CT molecular complexity index is 514. The van der Waals surface area contributed by atoms with Crippen LogP contribution < -0.4 is 10.3 Å². The molecule has 1 aromatic rings. The van der Waals surface area contributed by atoms with Crippen molar-refractivity contribution in [2.75, 3.05) is 6.61 Å². The van der Waals surface area contributed by atoms with E-state index in [1.165, 1.54) is 0 Å². The Hall–Kier alpha value is -1.44. The van der Waals surface area contributed by atoms with Gasteiger partial charge >= 0.3 is 6.01 Å². The normalized spacial score (nSPS) is 34.3. The number of aromatic nitrogens is 2. The minimum atomic E-state index is -0.929. The van der Waals surface area contributed by atoms with Crippen molar-refractivity contribution in [3.05, 3.63) is 22.1 Å². The summed E-state index contributed by atoms with van der Waals surface area (Å²) >= 11 is 0. The molecular formula is C10H12N2O5. The van der Waals surface area contributed by atoms with Crippen LogP contribution in [0.2, 0.25) is 0 Å². The molecule has 1 saturated heterocycles. The van der Waals surface area contributed by atoms with E-state index in [1.807, 2.05) is 0 Å². The summed E-state index contributed by atoms with van der Waals surface area (Å²) in [5, 5.41) is 18.9. The van der Waals surface area contributed by atoms with Crippen LogP contribution in [0.15, 0.2) is 11.0 Å². The maximum absolute atomic E-state index is 11.4. The fourth-order valence-electron chi connectivity index (χ4n) is 2.16. The molecule has 92 valence electrons. The van der Waals surface area contributed by atoms with Gasteiger partial charge in [-0.15, -0.1) is 0 Å². The Morgan fingerprint density at radius 2 is 2.35 bits per heavy atom. The predicted molar refractivity (Wildman–Crippen MR) is 54.7 cm³/mol. The van der Waals surface area contributed by atoms with Crippen molar-refractivity contribution in [1.29, 1.82) is 0 Å². The van der Waals surface area contributed by atoms with Gasteiger partial charge in [0.05, 0.1) is 6.61 Å². The topological polar surface area (TPSA) is 93.8 Å². The summed E-state index contributed by atoms with van der Waals surface area (Å²) in [7, 11) is 0. The number of aryl methyl sites for hydroxylation is 1. The molecule has 4 atom stereocenters. The molecule has 1 fully saturated rings. The maximum Gasteiger partial charge on any atom is 0.302 e. The highest BCUT2D eigenvalue weighted by atomic mass is 16.6. The van der Waals surface area contributed by atoms with Crippen LogP contribution in [-0.2, 0) is 4.74 Å². The number of ether oxygens (including phenoxy) is 2. The lowest BCUT2D eigenvalue weighted by molar-refractivity contribution is -0.0435. The standard InChI is InChI=1S/C10H12N2O5/c1-4-2-12-9-7(6(14)5(3-13)16-9)17-10(12)11-8(4)15/h2,5-7,9,13-14H,3H2,1H3/t5-,6?,7+,9-/m1/s1. The fourth-order valence-corrected chi connectivity index (χ4v) is 2.16. The molecule has 7 nitrogen and oxygen atoms in total. The highest BCUT2D eigenvalue weighted by Crippen LogP contribution is 2.38. The van der Waals surface area contributed by atoms with Gasteiger partial charge in [0.25, 0.3) is 5.56 Å². The van der Waals surface area contributed by atoms with Crippen molar-refractivity contribution in [2.45, 2.75) is 31.5 Å². The second kappa shape index (κ2) is 3.52. The summed E-state index contributed by atoms with van der Waals surface area (Å²) in [5.74, 6) is 0. The van der Waals surface area contributed by atoms with E-state index < -0.39 is 24.5 Å². The van der Waals surface area contributed by atoms with Crippen LogP contribution >= 0.6 is 0 Å². The average Bonchev–Trinajstić information content (AvgIpc) is 2.78. The molecule has 0 aromatic carbocycles. The molecule has 2 N–H and O–H groups in total. The third kappa shape index (κ3) is 1.40. The number of fused-ring (bicyclic) bond motifs is 3.